The molecule has 0 fully saturated rings. The van der Waals surface area contributed by atoms with Crippen molar-refractivity contribution in [2.75, 3.05) is 20.6 Å². The Morgan fingerprint density at radius 3 is 2.55 bits per heavy atom. The second-order valence-electron chi connectivity index (χ2n) is 5.31. The summed E-state index contributed by atoms with van der Waals surface area (Å²) in [5.41, 5.74) is 3.87. The number of benzene rings is 1. The van der Waals surface area contributed by atoms with Crippen molar-refractivity contribution in [3.8, 4) is 0 Å². The van der Waals surface area contributed by atoms with Gasteiger partial charge in [-0.3, -0.25) is 4.98 Å². The second kappa shape index (κ2) is 7.17. The van der Waals surface area contributed by atoms with Gasteiger partial charge in [-0.2, -0.15) is 0 Å². The van der Waals surface area contributed by atoms with Gasteiger partial charge in [0.25, 0.3) is 0 Å². The van der Waals surface area contributed by atoms with E-state index in [0.717, 1.165) is 13.1 Å². The molecule has 2 rings (SSSR count). The van der Waals surface area contributed by atoms with Gasteiger partial charge in [-0.25, -0.2) is 0 Å². The van der Waals surface area contributed by atoms with E-state index < -0.39 is 0 Å². The van der Waals surface area contributed by atoms with E-state index in [1.54, 1.807) is 0 Å². The van der Waals surface area contributed by atoms with Crippen molar-refractivity contribution < 1.29 is 0 Å². The fourth-order valence-electron chi connectivity index (χ4n) is 2.34. The molecule has 0 aliphatic carbocycles. The van der Waals surface area contributed by atoms with E-state index in [-0.39, 0.29) is 0 Å². The van der Waals surface area contributed by atoms with Gasteiger partial charge in [0.2, 0.25) is 0 Å². The van der Waals surface area contributed by atoms with E-state index in [4.69, 9.17) is 0 Å². The van der Waals surface area contributed by atoms with Gasteiger partial charge in [-0.1, -0.05) is 35.9 Å². The smallest absolute Gasteiger partial charge is 0.0446 e. The number of nitrogens with zero attached hydrogens (tertiary/aromatic N) is 2. The highest BCUT2D eigenvalue weighted by Gasteiger charge is 2.12. The zero-order valence-electron chi connectivity index (χ0n) is 12.5. The number of hydrogen-bond donors (Lipinski definition) is 1. The second-order valence-corrected chi connectivity index (χ2v) is 5.31. The fourth-order valence-corrected chi connectivity index (χ4v) is 2.34. The van der Waals surface area contributed by atoms with Crippen LogP contribution in [0.3, 0.4) is 0 Å². The van der Waals surface area contributed by atoms with E-state index in [9.17, 15) is 0 Å². The molecule has 1 unspecified atom stereocenters. The van der Waals surface area contributed by atoms with Gasteiger partial charge in [-0.05, 0) is 38.2 Å². The number of nitrogens with one attached hydrogen (secondary N) is 1. The predicted octanol–water partition coefficient (Wildman–Crippen LogP) is 2.78. The van der Waals surface area contributed by atoms with Gasteiger partial charge in [0.1, 0.15) is 0 Å². The molecule has 106 valence electrons. The fraction of sp³-hybridized carbons (Fsp3) is 0.353. The normalized spacial score (nSPS) is 12.6. The minimum atomic E-state index is 0.345. The first kappa shape index (κ1) is 14.7. The lowest BCUT2D eigenvalue weighted by Gasteiger charge is -2.24. The highest BCUT2D eigenvalue weighted by molar-refractivity contribution is 5.24. The van der Waals surface area contributed by atoms with Gasteiger partial charge in [0.05, 0.1) is 0 Å². The Balaban J connectivity index is 1.97. The largest absolute Gasteiger partial charge is 0.312 e. The lowest BCUT2D eigenvalue weighted by molar-refractivity contribution is 0.289. The van der Waals surface area contributed by atoms with Gasteiger partial charge >= 0.3 is 0 Å². The van der Waals surface area contributed by atoms with Crippen molar-refractivity contribution in [2.24, 2.45) is 0 Å². The van der Waals surface area contributed by atoms with E-state index in [1.165, 1.54) is 16.7 Å². The van der Waals surface area contributed by atoms with Crippen LogP contribution in [0.2, 0.25) is 0 Å². The third kappa shape index (κ3) is 4.15. The Bertz CT molecular complexity index is 508. The molecule has 1 heterocycles. The summed E-state index contributed by atoms with van der Waals surface area (Å²) in [4.78, 5) is 6.48. The third-order valence-electron chi connectivity index (χ3n) is 3.50. The van der Waals surface area contributed by atoms with Crippen LogP contribution in [0.1, 0.15) is 22.7 Å². The van der Waals surface area contributed by atoms with Crippen molar-refractivity contribution in [1.29, 1.82) is 0 Å². The van der Waals surface area contributed by atoms with Crippen molar-refractivity contribution in [2.45, 2.75) is 19.5 Å². The van der Waals surface area contributed by atoms with Crippen LogP contribution >= 0.6 is 0 Å². The maximum absolute atomic E-state index is 4.16. The molecule has 0 amide bonds. The quantitative estimate of drug-likeness (QED) is 0.874. The minimum Gasteiger partial charge on any atom is -0.312 e. The van der Waals surface area contributed by atoms with Crippen molar-refractivity contribution >= 4 is 0 Å². The number of hydrogen-bond acceptors (Lipinski definition) is 3. The molecule has 1 aromatic carbocycles. The maximum atomic E-state index is 4.16. The Morgan fingerprint density at radius 2 is 1.95 bits per heavy atom. The maximum Gasteiger partial charge on any atom is 0.0446 e. The molecule has 0 spiro atoms. The summed E-state index contributed by atoms with van der Waals surface area (Å²) in [7, 11) is 4.16. The van der Waals surface area contributed by atoms with Gasteiger partial charge in [0.15, 0.2) is 0 Å². The van der Waals surface area contributed by atoms with Crippen LogP contribution in [0.4, 0.5) is 0 Å². The SMILES string of the molecule is CNC(CN(C)Cc1cccnc1)c1ccc(C)cc1. The molecule has 0 aliphatic heterocycles. The van der Waals surface area contributed by atoms with Crippen LogP contribution in [0.5, 0.6) is 0 Å². The monoisotopic (exact) mass is 269 g/mol. The molecule has 0 saturated heterocycles. The third-order valence-corrected chi connectivity index (χ3v) is 3.50. The van der Waals surface area contributed by atoms with Gasteiger partial charge in [0, 0.05) is 31.5 Å². The number of aryl methyl sites for hydroxylation is 1. The number of pyridine rings is 1. The number of likely N-dealkylation sites (N-methyl/N-ethyl adjacent to an activating group) is 2. The topological polar surface area (TPSA) is 28.2 Å². The highest BCUT2D eigenvalue weighted by atomic mass is 15.1. The highest BCUT2D eigenvalue weighted by Crippen LogP contribution is 2.15. The van der Waals surface area contributed by atoms with Crippen LogP contribution in [0, 0.1) is 6.92 Å². The summed E-state index contributed by atoms with van der Waals surface area (Å²) in [5.74, 6) is 0. The molecule has 0 bridgehead atoms. The minimum absolute atomic E-state index is 0.345. The zero-order chi connectivity index (χ0) is 14.4. The Morgan fingerprint density at radius 1 is 1.20 bits per heavy atom. The molecular formula is C17H23N3. The van der Waals surface area contributed by atoms with E-state index in [0.29, 0.717) is 6.04 Å². The summed E-state index contributed by atoms with van der Waals surface area (Å²) in [5, 5.41) is 3.40. The van der Waals surface area contributed by atoms with Crippen molar-refractivity contribution in [3.05, 3.63) is 65.5 Å². The van der Waals surface area contributed by atoms with Crippen LogP contribution in [-0.2, 0) is 6.54 Å². The van der Waals surface area contributed by atoms with E-state index in [2.05, 4.69) is 59.5 Å². The molecule has 1 aromatic heterocycles. The standard InChI is InChI=1S/C17H23N3/c1-14-6-8-16(9-7-14)17(18-2)13-20(3)12-15-5-4-10-19-11-15/h4-11,17-18H,12-13H2,1-3H3. The first-order valence-electron chi connectivity index (χ1n) is 7.00. The molecule has 0 saturated carbocycles. The summed E-state index contributed by atoms with van der Waals surface area (Å²) >= 11 is 0. The molecular weight excluding hydrogens is 246 g/mol. The molecule has 0 radical (unpaired) electrons. The first-order chi connectivity index (χ1) is 9.69. The van der Waals surface area contributed by atoms with E-state index >= 15 is 0 Å². The average molecular weight is 269 g/mol. The average Bonchev–Trinajstić information content (AvgIpc) is 2.47. The van der Waals surface area contributed by atoms with Crippen LogP contribution in [-0.4, -0.2) is 30.5 Å². The summed E-state index contributed by atoms with van der Waals surface area (Å²) in [6, 6.07) is 13.2. The van der Waals surface area contributed by atoms with Crippen molar-refractivity contribution in [3.63, 3.8) is 0 Å². The predicted molar refractivity (Wildman–Crippen MR) is 83.6 cm³/mol. The Hall–Kier alpha value is -1.71. The lowest BCUT2D eigenvalue weighted by Crippen LogP contribution is -2.31. The molecule has 1 N–H and O–H groups in total. The zero-order valence-corrected chi connectivity index (χ0v) is 12.5. The van der Waals surface area contributed by atoms with Crippen LogP contribution in [0.25, 0.3) is 0 Å². The summed E-state index contributed by atoms with van der Waals surface area (Å²) in [6.07, 6.45) is 3.74. The van der Waals surface area contributed by atoms with Gasteiger partial charge < -0.3 is 10.2 Å². The van der Waals surface area contributed by atoms with Crippen molar-refractivity contribution in [1.82, 2.24) is 15.2 Å². The lowest BCUT2D eigenvalue weighted by atomic mass is 10.0. The van der Waals surface area contributed by atoms with Crippen LogP contribution < -0.4 is 5.32 Å². The molecule has 1 atom stereocenters. The molecule has 0 aliphatic rings. The summed E-state index contributed by atoms with van der Waals surface area (Å²) in [6.45, 7) is 4.00. The van der Waals surface area contributed by atoms with Gasteiger partial charge in [-0.15, -0.1) is 0 Å². The number of aromatic nitrogens is 1. The van der Waals surface area contributed by atoms with Crippen LogP contribution in [0.15, 0.2) is 48.8 Å². The number of rotatable bonds is 6. The molecule has 3 nitrogen and oxygen atoms in total. The molecule has 20 heavy (non-hydrogen) atoms. The van der Waals surface area contributed by atoms with E-state index in [1.807, 2.05) is 25.5 Å². The Kier molecular flexibility index (Phi) is 5.27. The Labute approximate surface area is 121 Å². The molecule has 3 heteroatoms. The summed E-state index contributed by atoms with van der Waals surface area (Å²) < 4.78 is 0. The molecule has 2 aromatic rings. The first-order valence-corrected chi connectivity index (χ1v) is 7.00.